The van der Waals surface area contributed by atoms with Crippen molar-refractivity contribution >= 4 is 32.5 Å². The molecule has 3 heterocycles. The third kappa shape index (κ3) is 9.69. The van der Waals surface area contributed by atoms with Crippen molar-refractivity contribution in [2.45, 2.75) is 24.0 Å². The Labute approximate surface area is 299 Å². The lowest BCUT2D eigenvalue weighted by Gasteiger charge is -2.34. The summed E-state index contributed by atoms with van der Waals surface area (Å²) in [6, 6.07) is 20.1. The number of piperazine rings is 1. The van der Waals surface area contributed by atoms with E-state index in [-0.39, 0.29) is 28.1 Å². The van der Waals surface area contributed by atoms with Gasteiger partial charge in [-0.1, -0.05) is 12.1 Å². The van der Waals surface area contributed by atoms with Gasteiger partial charge in [-0.15, -0.1) is 13.2 Å². The van der Waals surface area contributed by atoms with Crippen LogP contribution >= 0.6 is 0 Å². The second-order valence-corrected chi connectivity index (χ2v) is 13.7. The molecule has 1 aliphatic rings. The molecule has 0 bridgehead atoms. The number of halogens is 6. The monoisotopic (exact) mass is 763 g/mol. The summed E-state index contributed by atoms with van der Waals surface area (Å²) in [5.41, 5.74) is 2.21. The van der Waals surface area contributed by atoms with Crippen molar-refractivity contribution < 1.29 is 53.8 Å². The van der Waals surface area contributed by atoms with Crippen LogP contribution in [0, 0.1) is 0 Å². The summed E-state index contributed by atoms with van der Waals surface area (Å²) in [6.45, 7) is 1.43. The van der Waals surface area contributed by atoms with Gasteiger partial charge >= 0.3 is 12.5 Å². The average molecular weight is 764 g/mol. The molecular weight excluding hydrogens is 732 g/mol. The van der Waals surface area contributed by atoms with Crippen LogP contribution < -0.4 is 18.9 Å². The Hall–Kier alpha value is -5.49. The fourth-order valence-electron chi connectivity index (χ4n) is 5.62. The lowest BCUT2D eigenvalue weighted by molar-refractivity contribution is -0.274. The number of ether oxygens (including phenoxy) is 3. The molecule has 3 aromatic carbocycles. The number of anilines is 1. The predicted molar refractivity (Wildman–Crippen MR) is 180 cm³/mol. The zero-order valence-electron chi connectivity index (χ0n) is 27.8. The van der Waals surface area contributed by atoms with Crippen molar-refractivity contribution in [1.82, 2.24) is 19.4 Å². The Morgan fingerprint density at radius 1 is 0.830 bits per heavy atom. The number of aromatic nitrogens is 2. The van der Waals surface area contributed by atoms with Gasteiger partial charge in [0.2, 0.25) is 5.88 Å². The predicted octanol–water partition coefficient (Wildman–Crippen LogP) is 6.96. The van der Waals surface area contributed by atoms with Gasteiger partial charge in [0.05, 0.1) is 22.3 Å². The maximum atomic E-state index is 13.5. The molecule has 0 radical (unpaired) electrons. The van der Waals surface area contributed by atoms with E-state index in [1.165, 1.54) is 30.5 Å². The van der Waals surface area contributed by atoms with E-state index in [1.807, 2.05) is 0 Å². The van der Waals surface area contributed by atoms with Gasteiger partial charge in [-0.25, -0.2) is 13.4 Å². The maximum Gasteiger partial charge on any atom is 0.573 e. The van der Waals surface area contributed by atoms with Gasteiger partial charge in [0.25, 0.3) is 15.9 Å². The highest BCUT2D eigenvalue weighted by Gasteiger charge is 2.31. The van der Waals surface area contributed by atoms with E-state index in [0.717, 1.165) is 40.7 Å². The molecular formula is C35H31F6N5O6S. The average Bonchev–Trinajstić information content (AvgIpc) is 3.43. The van der Waals surface area contributed by atoms with Gasteiger partial charge in [0, 0.05) is 57.3 Å². The number of pyridine rings is 1. The molecule has 1 fully saturated rings. The van der Waals surface area contributed by atoms with Gasteiger partial charge in [-0.2, -0.15) is 13.2 Å². The van der Waals surface area contributed by atoms with Crippen LogP contribution in [0.2, 0.25) is 0 Å². The van der Waals surface area contributed by atoms with E-state index in [9.17, 15) is 39.6 Å². The first kappa shape index (κ1) is 37.3. The van der Waals surface area contributed by atoms with E-state index in [4.69, 9.17) is 9.47 Å². The quantitative estimate of drug-likeness (QED) is 0.144. The maximum absolute atomic E-state index is 13.5. The number of sulfonamides is 1. The summed E-state index contributed by atoms with van der Waals surface area (Å²) in [6.07, 6.45) is -8.09. The molecule has 1 N–H and O–H groups in total. The van der Waals surface area contributed by atoms with Crippen LogP contribution in [0.5, 0.6) is 23.1 Å². The zero-order chi connectivity index (χ0) is 38.0. The molecule has 0 saturated carbocycles. The fraction of sp³-hybridized carbons (Fsp3) is 0.257. The van der Waals surface area contributed by atoms with Crippen molar-refractivity contribution in [3.05, 3.63) is 102 Å². The number of benzene rings is 3. The van der Waals surface area contributed by atoms with Crippen LogP contribution in [0.15, 0.2) is 96.0 Å². The molecule has 1 aliphatic heterocycles. The van der Waals surface area contributed by atoms with Crippen molar-refractivity contribution in [2.75, 3.05) is 37.5 Å². The number of alkyl halides is 6. The highest BCUT2D eigenvalue weighted by molar-refractivity contribution is 7.92. The summed E-state index contributed by atoms with van der Waals surface area (Å²) in [7, 11) is -2.37. The van der Waals surface area contributed by atoms with Crippen LogP contribution in [-0.2, 0) is 23.6 Å². The third-order valence-corrected chi connectivity index (χ3v) is 9.60. The number of rotatable bonds is 11. The standard InChI is InChI=1S/C35H31F6N5O6S/c1-44-30-19-28(51-32-13-5-25(20-42-32)43-53(48,49)29-11-9-27(10-12-29)52-35(39,40)41)8-4-24(30)18-31(44)33(47)46-16-14-45(15-17-46)21-23-2-6-26(7-3-23)50-22-34(36,37)38/h2-13,18-20,43H,14-17,21-22H2,1H3. The van der Waals surface area contributed by atoms with Crippen LogP contribution in [0.1, 0.15) is 16.1 Å². The minimum Gasteiger partial charge on any atom is -0.484 e. The summed E-state index contributed by atoms with van der Waals surface area (Å²) >= 11 is 0. The molecule has 0 atom stereocenters. The molecule has 11 nitrogen and oxygen atoms in total. The molecule has 0 aliphatic carbocycles. The molecule has 1 amide bonds. The first-order valence-corrected chi connectivity index (χ1v) is 17.4. The first-order valence-electron chi connectivity index (χ1n) is 15.9. The number of hydrogen-bond donors (Lipinski definition) is 1. The Morgan fingerprint density at radius 2 is 1.49 bits per heavy atom. The SMILES string of the molecule is Cn1c(C(=O)N2CCN(Cc3ccc(OCC(F)(F)F)cc3)CC2)cc2ccc(Oc3ccc(NS(=O)(=O)c4ccc(OC(F)(F)F)cc4)cn3)cc21. The normalized spacial score (nSPS) is 14.3. The number of amides is 1. The van der Waals surface area contributed by atoms with E-state index < -0.39 is 34.9 Å². The summed E-state index contributed by atoms with van der Waals surface area (Å²) in [4.78, 5) is 21.3. The molecule has 5 aromatic rings. The van der Waals surface area contributed by atoms with E-state index >= 15 is 0 Å². The minimum absolute atomic E-state index is 0.0851. The van der Waals surface area contributed by atoms with Crippen LogP contribution in [-0.4, -0.2) is 79.0 Å². The lowest BCUT2D eigenvalue weighted by atomic mass is 10.2. The Balaban J connectivity index is 1.03. The number of carbonyl (C=O) groups excluding carboxylic acids is 1. The second kappa shape index (κ2) is 14.9. The number of nitrogens with zero attached hydrogens (tertiary/aromatic N) is 4. The van der Waals surface area contributed by atoms with Crippen LogP contribution in [0.25, 0.3) is 10.9 Å². The Kier molecular flexibility index (Phi) is 10.5. The number of aryl methyl sites for hydroxylation is 1. The van der Waals surface area contributed by atoms with Gasteiger partial charge in [0.15, 0.2) is 6.61 Å². The molecule has 280 valence electrons. The molecule has 6 rings (SSSR count). The molecule has 0 spiro atoms. The van der Waals surface area contributed by atoms with E-state index in [1.54, 1.807) is 52.9 Å². The smallest absolute Gasteiger partial charge is 0.484 e. The minimum atomic E-state index is -4.91. The summed E-state index contributed by atoms with van der Waals surface area (Å²) < 4.78 is 118. The number of nitrogens with one attached hydrogen (secondary N) is 1. The van der Waals surface area contributed by atoms with Gasteiger partial charge < -0.3 is 23.7 Å². The molecule has 0 unspecified atom stereocenters. The number of carbonyl (C=O) groups is 1. The summed E-state index contributed by atoms with van der Waals surface area (Å²) in [5.74, 6) is 0.00207. The zero-order valence-corrected chi connectivity index (χ0v) is 28.6. The highest BCUT2D eigenvalue weighted by Crippen LogP contribution is 2.29. The summed E-state index contributed by atoms with van der Waals surface area (Å²) in [5, 5.41) is 0.806. The van der Waals surface area contributed by atoms with Crippen molar-refractivity contribution in [2.24, 2.45) is 7.05 Å². The van der Waals surface area contributed by atoms with Crippen LogP contribution in [0.3, 0.4) is 0 Å². The molecule has 18 heteroatoms. The Bertz CT molecular complexity index is 2170. The Morgan fingerprint density at radius 3 is 2.11 bits per heavy atom. The largest absolute Gasteiger partial charge is 0.573 e. The molecule has 2 aromatic heterocycles. The fourth-order valence-corrected chi connectivity index (χ4v) is 6.66. The lowest BCUT2D eigenvalue weighted by Crippen LogP contribution is -2.48. The third-order valence-electron chi connectivity index (χ3n) is 8.21. The van der Waals surface area contributed by atoms with Gasteiger partial charge in [-0.3, -0.25) is 14.4 Å². The number of hydrogen-bond acceptors (Lipinski definition) is 8. The molecule has 1 saturated heterocycles. The van der Waals surface area contributed by atoms with Gasteiger partial charge in [0.1, 0.15) is 22.9 Å². The number of fused-ring (bicyclic) bond motifs is 1. The molecule has 53 heavy (non-hydrogen) atoms. The van der Waals surface area contributed by atoms with Crippen molar-refractivity contribution in [3.8, 4) is 23.1 Å². The van der Waals surface area contributed by atoms with Crippen molar-refractivity contribution in [3.63, 3.8) is 0 Å². The van der Waals surface area contributed by atoms with E-state index in [2.05, 4.69) is 19.3 Å². The van der Waals surface area contributed by atoms with Crippen LogP contribution in [0.4, 0.5) is 32.0 Å². The second-order valence-electron chi connectivity index (χ2n) is 12.0. The van der Waals surface area contributed by atoms with Gasteiger partial charge in [-0.05, 0) is 66.2 Å². The topological polar surface area (TPSA) is 115 Å². The highest BCUT2D eigenvalue weighted by atomic mass is 32.2. The van der Waals surface area contributed by atoms with Crippen molar-refractivity contribution in [1.29, 1.82) is 0 Å². The first-order chi connectivity index (χ1) is 25.0. The van der Waals surface area contributed by atoms with E-state index in [0.29, 0.717) is 44.2 Å².